The van der Waals surface area contributed by atoms with Crippen LogP contribution in [0.15, 0.2) is 96.4 Å². The Morgan fingerprint density at radius 1 is 1.03 bits per heavy atom. The lowest BCUT2D eigenvalue weighted by atomic mass is 10.0. The van der Waals surface area contributed by atoms with Crippen molar-refractivity contribution in [2.45, 2.75) is 0 Å². The zero-order chi connectivity index (χ0) is 24.6. The summed E-state index contributed by atoms with van der Waals surface area (Å²) >= 11 is 0. The summed E-state index contributed by atoms with van der Waals surface area (Å²) in [6.07, 6.45) is 6.64. The van der Waals surface area contributed by atoms with Crippen molar-refractivity contribution in [1.29, 1.82) is 0 Å². The third-order valence-electron chi connectivity index (χ3n) is 5.06. The molecule has 1 N–H and O–H groups in total. The Labute approximate surface area is 201 Å². The molecule has 1 amide bonds. The third-order valence-corrected chi connectivity index (χ3v) is 5.06. The number of rotatable bonds is 8. The number of hydrogen-bond acceptors (Lipinski definition) is 6. The van der Waals surface area contributed by atoms with Gasteiger partial charge in [0, 0.05) is 29.5 Å². The van der Waals surface area contributed by atoms with Crippen LogP contribution in [0.1, 0.15) is 16.7 Å². The average molecular weight is 467 g/mol. The lowest BCUT2D eigenvalue weighted by Gasteiger charge is -2.07. The lowest BCUT2D eigenvalue weighted by molar-refractivity contribution is -0.384. The van der Waals surface area contributed by atoms with E-state index >= 15 is 0 Å². The van der Waals surface area contributed by atoms with Crippen LogP contribution in [-0.2, 0) is 4.79 Å². The van der Waals surface area contributed by atoms with E-state index in [2.05, 4.69) is 15.6 Å². The number of nitro groups is 1. The van der Waals surface area contributed by atoms with Gasteiger partial charge in [-0.25, -0.2) is 10.1 Å². The molecule has 174 valence electrons. The molecule has 0 spiro atoms. The summed E-state index contributed by atoms with van der Waals surface area (Å²) in [7, 11) is 1.57. The van der Waals surface area contributed by atoms with Crippen molar-refractivity contribution in [3.05, 3.63) is 118 Å². The van der Waals surface area contributed by atoms with E-state index in [4.69, 9.17) is 4.74 Å². The Hall–Kier alpha value is -5.05. The highest BCUT2D eigenvalue weighted by Crippen LogP contribution is 2.22. The van der Waals surface area contributed by atoms with Gasteiger partial charge in [0.05, 0.1) is 30.1 Å². The molecule has 1 heterocycles. The van der Waals surface area contributed by atoms with Crippen LogP contribution in [0.3, 0.4) is 0 Å². The summed E-state index contributed by atoms with van der Waals surface area (Å²) in [6, 6.07) is 22.6. The van der Waals surface area contributed by atoms with Gasteiger partial charge >= 0.3 is 0 Å². The van der Waals surface area contributed by atoms with E-state index in [1.807, 2.05) is 36.5 Å². The minimum atomic E-state index is -0.478. The van der Waals surface area contributed by atoms with E-state index < -0.39 is 10.8 Å². The molecule has 0 radical (unpaired) electrons. The van der Waals surface area contributed by atoms with Gasteiger partial charge in [-0.1, -0.05) is 30.3 Å². The number of benzene rings is 3. The van der Waals surface area contributed by atoms with Gasteiger partial charge in [-0.05, 0) is 53.6 Å². The Morgan fingerprint density at radius 2 is 1.74 bits per heavy atom. The number of amides is 1. The molecule has 0 saturated heterocycles. The molecule has 0 saturated carbocycles. The minimum absolute atomic E-state index is 0.0213. The molecule has 0 unspecified atom stereocenters. The van der Waals surface area contributed by atoms with Crippen LogP contribution in [0.4, 0.5) is 5.69 Å². The number of non-ortho nitro benzene ring substituents is 1. The molecular weight excluding hydrogens is 446 g/mol. The molecular formula is C26H21N5O4. The molecule has 0 atom stereocenters. The molecule has 3 aromatic carbocycles. The molecule has 1 aromatic heterocycles. The van der Waals surface area contributed by atoms with Crippen LogP contribution >= 0.6 is 0 Å². The lowest BCUT2D eigenvalue weighted by Crippen LogP contribution is -2.19. The molecule has 0 aliphatic heterocycles. The normalized spacial score (nSPS) is 11.4. The summed E-state index contributed by atoms with van der Waals surface area (Å²) in [5.41, 5.74) is 5.78. The van der Waals surface area contributed by atoms with Gasteiger partial charge in [0.2, 0.25) is 0 Å². The molecule has 4 rings (SSSR count). The highest BCUT2D eigenvalue weighted by molar-refractivity contribution is 6.24. The maximum atomic E-state index is 13.1. The standard InChI is InChI=1S/C26H21N5O4/c1-35-24-13-9-21(10-14-24)25(15-20-17-28-30(18-20)22-5-3-2-4-6-22)26(32)29-27-16-19-7-11-23(12-8-19)31(33)34/h2-18H,1H3,(H,29,32)/b25-15+,27-16+. The number of para-hydroxylation sites is 1. The third kappa shape index (κ3) is 5.85. The van der Waals surface area contributed by atoms with Gasteiger partial charge in [0.15, 0.2) is 0 Å². The van der Waals surface area contributed by atoms with Crippen LogP contribution in [0.2, 0.25) is 0 Å². The highest BCUT2D eigenvalue weighted by atomic mass is 16.6. The first-order chi connectivity index (χ1) is 17.0. The predicted molar refractivity (Wildman–Crippen MR) is 133 cm³/mol. The van der Waals surface area contributed by atoms with Crippen LogP contribution in [0.25, 0.3) is 17.3 Å². The topological polar surface area (TPSA) is 112 Å². The summed E-state index contributed by atoms with van der Waals surface area (Å²) in [5, 5.41) is 19.2. The number of carbonyl (C=O) groups is 1. The number of hydrogen-bond donors (Lipinski definition) is 1. The first-order valence-corrected chi connectivity index (χ1v) is 10.6. The fourth-order valence-corrected chi connectivity index (χ4v) is 3.26. The van der Waals surface area contributed by atoms with Crippen molar-refractivity contribution in [3.8, 4) is 11.4 Å². The first-order valence-electron chi connectivity index (χ1n) is 10.6. The molecule has 0 aliphatic rings. The van der Waals surface area contributed by atoms with Crippen LogP contribution < -0.4 is 10.2 Å². The van der Waals surface area contributed by atoms with Crippen LogP contribution in [0.5, 0.6) is 5.75 Å². The number of hydrazone groups is 1. The van der Waals surface area contributed by atoms with E-state index in [-0.39, 0.29) is 5.69 Å². The van der Waals surface area contributed by atoms with E-state index in [9.17, 15) is 14.9 Å². The van der Waals surface area contributed by atoms with Gasteiger partial charge in [0.1, 0.15) is 5.75 Å². The number of nitrogens with one attached hydrogen (secondary N) is 1. The monoisotopic (exact) mass is 467 g/mol. The number of aromatic nitrogens is 2. The molecule has 35 heavy (non-hydrogen) atoms. The van der Waals surface area contributed by atoms with Gasteiger partial charge < -0.3 is 4.74 Å². The predicted octanol–water partition coefficient (Wildman–Crippen LogP) is 4.48. The van der Waals surface area contributed by atoms with Gasteiger partial charge in [-0.15, -0.1) is 0 Å². The Balaban J connectivity index is 1.58. The molecule has 0 fully saturated rings. The van der Waals surface area contributed by atoms with Crippen molar-refractivity contribution >= 4 is 29.5 Å². The summed E-state index contributed by atoms with van der Waals surface area (Å²) in [6.45, 7) is 0. The molecule has 9 nitrogen and oxygen atoms in total. The van der Waals surface area contributed by atoms with Crippen LogP contribution in [0, 0.1) is 10.1 Å². The van der Waals surface area contributed by atoms with Crippen molar-refractivity contribution in [2.75, 3.05) is 7.11 Å². The maximum absolute atomic E-state index is 13.1. The first kappa shape index (κ1) is 23.1. The van der Waals surface area contributed by atoms with Crippen LogP contribution in [-0.4, -0.2) is 33.9 Å². The molecule has 9 heteroatoms. The number of carbonyl (C=O) groups excluding carboxylic acids is 1. The van der Waals surface area contributed by atoms with Gasteiger partial charge in [-0.2, -0.15) is 10.2 Å². The highest BCUT2D eigenvalue weighted by Gasteiger charge is 2.13. The summed E-state index contributed by atoms with van der Waals surface area (Å²) in [4.78, 5) is 23.4. The fraction of sp³-hybridized carbons (Fsp3) is 0.0385. The average Bonchev–Trinajstić information content (AvgIpc) is 3.37. The summed E-state index contributed by atoms with van der Waals surface area (Å²) < 4.78 is 6.94. The van der Waals surface area contributed by atoms with Gasteiger partial charge in [0.25, 0.3) is 11.6 Å². The number of ether oxygens (including phenoxy) is 1. The second-order valence-electron chi connectivity index (χ2n) is 7.39. The fourth-order valence-electron chi connectivity index (χ4n) is 3.26. The van der Waals surface area contributed by atoms with E-state index in [0.717, 1.165) is 11.3 Å². The Morgan fingerprint density at radius 3 is 2.40 bits per heavy atom. The number of nitrogens with zero attached hydrogens (tertiary/aromatic N) is 4. The molecule has 4 aromatic rings. The Kier molecular flexibility index (Phi) is 7.08. The van der Waals surface area contributed by atoms with E-state index in [0.29, 0.717) is 22.4 Å². The number of nitro benzene ring substituents is 1. The van der Waals surface area contributed by atoms with Crippen molar-refractivity contribution < 1.29 is 14.5 Å². The van der Waals surface area contributed by atoms with Crippen molar-refractivity contribution in [2.24, 2.45) is 5.10 Å². The SMILES string of the molecule is COc1ccc(/C(=C\c2cnn(-c3ccccc3)c2)C(=O)N/N=C/c2ccc([N+](=O)[O-])cc2)cc1. The number of methoxy groups -OCH3 is 1. The molecule has 0 aliphatic carbocycles. The van der Waals surface area contributed by atoms with Gasteiger partial charge in [-0.3, -0.25) is 14.9 Å². The second kappa shape index (κ2) is 10.7. The van der Waals surface area contributed by atoms with Crippen molar-refractivity contribution in [3.63, 3.8) is 0 Å². The quantitative estimate of drug-likeness (QED) is 0.178. The second-order valence-corrected chi connectivity index (χ2v) is 7.39. The summed E-state index contributed by atoms with van der Waals surface area (Å²) in [5.74, 6) is 0.238. The zero-order valence-electron chi connectivity index (χ0n) is 18.7. The molecule has 0 bridgehead atoms. The Bertz CT molecular complexity index is 1380. The zero-order valence-corrected chi connectivity index (χ0v) is 18.7. The van der Waals surface area contributed by atoms with E-state index in [1.54, 1.807) is 60.5 Å². The minimum Gasteiger partial charge on any atom is -0.497 e. The smallest absolute Gasteiger partial charge is 0.271 e. The maximum Gasteiger partial charge on any atom is 0.271 e. The van der Waals surface area contributed by atoms with Crippen molar-refractivity contribution in [1.82, 2.24) is 15.2 Å². The van der Waals surface area contributed by atoms with E-state index in [1.165, 1.54) is 18.3 Å². The largest absolute Gasteiger partial charge is 0.497 e.